The number of rotatable bonds is 6. The van der Waals surface area contributed by atoms with Crippen molar-refractivity contribution >= 4 is 11.9 Å². The van der Waals surface area contributed by atoms with E-state index in [1.54, 1.807) is 0 Å². The molecule has 2 atom stereocenters. The molecule has 1 saturated carbocycles. The lowest BCUT2D eigenvalue weighted by Crippen LogP contribution is -2.52. The normalized spacial score (nSPS) is 19.5. The molecule has 1 aliphatic carbocycles. The van der Waals surface area contributed by atoms with Gasteiger partial charge in [0, 0.05) is 6.04 Å². The number of aliphatic carboxylic acids is 1. The Morgan fingerprint density at radius 1 is 1.39 bits per heavy atom. The summed E-state index contributed by atoms with van der Waals surface area (Å²) in [5.41, 5.74) is 5.93. The number of carbonyl (C=O) groups is 2. The highest BCUT2D eigenvalue weighted by molar-refractivity contribution is 5.85. The van der Waals surface area contributed by atoms with Gasteiger partial charge in [-0.25, -0.2) is 0 Å². The molecule has 0 unspecified atom stereocenters. The Morgan fingerprint density at radius 2 is 1.94 bits per heavy atom. The highest BCUT2D eigenvalue weighted by atomic mass is 16.4. The molecule has 0 heterocycles. The molecule has 0 bridgehead atoms. The van der Waals surface area contributed by atoms with Crippen molar-refractivity contribution in [3.63, 3.8) is 0 Å². The lowest BCUT2D eigenvalue weighted by Gasteiger charge is -2.31. The van der Waals surface area contributed by atoms with Gasteiger partial charge in [0.1, 0.15) is 6.54 Å². The van der Waals surface area contributed by atoms with E-state index in [0.717, 1.165) is 32.1 Å². The number of nitrogens with two attached hydrogens (primary N) is 1. The summed E-state index contributed by atoms with van der Waals surface area (Å²) in [7, 11) is 0. The summed E-state index contributed by atoms with van der Waals surface area (Å²) in [5, 5.41) is 8.94. The van der Waals surface area contributed by atoms with Crippen molar-refractivity contribution in [2.45, 2.75) is 58.0 Å². The van der Waals surface area contributed by atoms with Gasteiger partial charge < -0.3 is 15.7 Å². The largest absolute Gasteiger partial charge is 0.480 e. The van der Waals surface area contributed by atoms with E-state index >= 15 is 0 Å². The van der Waals surface area contributed by atoms with E-state index in [0.29, 0.717) is 0 Å². The molecule has 104 valence electrons. The lowest BCUT2D eigenvalue weighted by atomic mass is 9.98. The molecule has 5 nitrogen and oxygen atoms in total. The molecule has 1 amide bonds. The number of carbonyl (C=O) groups excluding carboxylic acids is 1. The first-order valence-electron chi connectivity index (χ1n) is 6.75. The Bertz CT molecular complexity index is 301. The van der Waals surface area contributed by atoms with Gasteiger partial charge in [0.05, 0.1) is 6.04 Å². The smallest absolute Gasteiger partial charge is 0.323 e. The molecule has 0 saturated heterocycles. The van der Waals surface area contributed by atoms with Crippen LogP contribution in [-0.4, -0.2) is 40.5 Å². The maximum Gasteiger partial charge on any atom is 0.323 e. The molecule has 18 heavy (non-hydrogen) atoms. The van der Waals surface area contributed by atoms with E-state index in [2.05, 4.69) is 0 Å². The van der Waals surface area contributed by atoms with Crippen molar-refractivity contribution in [3.8, 4) is 0 Å². The van der Waals surface area contributed by atoms with Crippen LogP contribution >= 0.6 is 0 Å². The van der Waals surface area contributed by atoms with Crippen LogP contribution in [0.3, 0.4) is 0 Å². The van der Waals surface area contributed by atoms with Crippen molar-refractivity contribution < 1.29 is 14.7 Å². The van der Waals surface area contributed by atoms with Gasteiger partial charge in [0.25, 0.3) is 0 Å². The zero-order valence-corrected chi connectivity index (χ0v) is 11.3. The van der Waals surface area contributed by atoms with Crippen molar-refractivity contribution in [3.05, 3.63) is 0 Å². The van der Waals surface area contributed by atoms with Gasteiger partial charge in [-0.15, -0.1) is 0 Å². The van der Waals surface area contributed by atoms with Crippen LogP contribution in [0.2, 0.25) is 0 Å². The van der Waals surface area contributed by atoms with E-state index < -0.39 is 12.0 Å². The zero-order chi connectivity index (χ0) is 13.7. The van der Waals surface area contributed by atoms with Crippen LogP contribution in [0.5, 0.6) is 0 Å². The molecule has 3 N–H and O–H groups in total. The highest BCUT2D eigenvalue weighted by Crippen LogP contribution is 2.24. The maximum absolute atomic E-state index is 12.3. The highest BCUT2D eigenvalue weighted by Gasteiger charge is 2.32. The first-order chi connectivity index (χ1) is 8.47. The zero-order valence-electron chi connectivity index (χ0n) is 11.3. The number of nitrogens with zero attached hydrogens (tertiary/aromatic N) is 1. The minimum absolute atomic E-state index is 0.0590. The van der Waals surface area contributed by atoms with Gasteiger partial charge in [-0.1, -0.05) is 33.1 Å². The third-order valence-corrected chi connectivity index (χ3v) is 3.90. The van der Waals surface area contributed by atoms with Crippen LogP contribution < -0.4 is 5.73 Å². The van der Waals surface area contributed by atoms with Gasteiger partial charge in [-0.2, -0.15) is 0 Å². The summed E-state index contributed by atoms with van der Waals surface area (Å²) in [6.45, 7) is 3.68. The summed E-state index contributed by atoms with van der Waals surface area (Å²) < 4.78 is 0. The fourth-order valence-corrected chi connectivity index (χ4v) is 2.44. The van der Waals surface area contributed by atoms with Crippen molar-refractivity contribution in [1.82, 2.24) is 4.90 Å². The quantitative estimate of drug-likeness (QED) is 0.748. The van der Waals surface area contributed by atoms with Crippen LogP contribution in [0.15, 0.2) is 0 Å². The van der Waals surface area contributed by atoms with Crippen LogP contribution in [-0.2, 0) is 9.59 Å². The molecule has 1 rings (SSSR count). The summed E-state index contributed by atoms with van der Waals surface area (Å²) >= 11 is 0. The summed E-state index contributed by atoms with van der Waals surface area (Å²) in [5.74, 6) is -1.10. The molecule has 5 heteroatoms. The average molecular weight is 256 g/mol. The molecule has 0 spiro atoms. The first-order valence-corrected chi connectivity index (χ1v) is 6.75. The van der Waals surface area contributed by atoms with Gasteiger partial charge in [0.15, 0.2) is 0 Å². The second kappa shape index (κ2) is 6.73. The monoisotopic (exact) mass is 256 g/mol. The number of carboxylic acid groups (broad SMARTS) is 1. The Balaban J connectivity index is 2.74. The number of hydrogen-bond donors (Lipinski definition) is 2. The number of carboxylic acids is 1. The summed E-state index contributed by atoms with van der Waals surface area (Å²) in [6, 6.07) is -0.529. The van der Waals surface area contributed by atoms with Crippen LogP contribution in [0.25, 0.3) is 0 Å². The van der Waals surface area contributed by atoms with E-state index in [-0.39, 0.29) is 24.4 Å². The number of amides is 1. The second-order valence-electron chi connectivity index (χ2n) is 5.21. The first kappa shape index (κ1) is 15.0. The van der Waals surface area contributed by atoms with Gasteiger partial charge in [-0.05, 0) is 18.8 Å². The van der Waals surface area contributed by atoms with Crippen molar-refractivity contribution in [2.75, 3.05) is 6.54 Å². The standard InChI is InChI=1S/C13H24N2O3/c1-3-9(2)12(14)13(18)15(8-11(16)17)10-6-4-5-7-10/h9-10,12H,3-8,14H2,1-2H3,(H,16,17)/t9-,12-/m0/s1. The van der Waals surface area contributed by atoms with Crippen molar-refractivity contribution in [1.29, 1.82) is 0 Å². The summed E-state index contributed by atoms with van der Waals surface area (Å²) in [4.78, 5) is 24.7. The predicted octanol–water partition coefficient (Wildman–Crippen LogP) is 1.22. The molecule has 0 aromatic heterocycles. The maximum atomic E-state index is 12.3. The SMILES string of the molecule is CC[C@H](C)[C@H](N)C(=O)N(CC(=O)O)C1CCCC1. The van der Waals surface area contributed by atoms with E-state index in [4.69, 9.17) is 10.8 Å². The topological polar surface area (TPSA) is 83.6 Å². The van der Waals surface area contributed by atoms with Gasteiger partial charge in [-0.3, -0.25) is 9.59 Å². The Labute approximate surface area is 108 Å². The molecular weight excluding hydrogens is 232 g/mol. The Hall–Kier alpha value is -1.10. The van der Waals surface area contributed by atoms with E-state index in [1.807, 2.05) is 13.8 Å². The molecule has 0 aliphatic heterocycles. The minimum atomic E-state index is -0.966. The lowest BCUT2D eigenvalue weighted by molar-refractivity contribution is -0.147. The molecule has 0 aromatic rings. The predicted molar refractivity (Wildman–Crippen MR) is 69.0 cm³/mol. The third kappa shape index (κ3) is 3.70. The van der Waals surface area contributed by atoms with Crippen LogP contribution in [0, 0.1) is 5.92 Å². The van der Waals surface area contributed by atoms with Gasteiger partial charge in [0.2, 0.25) is 5.91 Å². The Kier molecular flexibility index (Phi) is 5.59. The van der Waals surface area contributed by atoms with E-state index in [9.17, 15) is 9.59 Å². The van der Waals surface area contributed by atoms with Crippen LogP contribution in [0.1, 0.15) is 46.0 Å². The van der Waals surface area contributed by atoms with Gasteiger partial charge >= 0.3 is 5.97 Å². The fraction of sp³-hybridized carbons (Fsp3) is 0.846. The fourth-order valence-electron chi connectivity index (χ4n) is 2.44. The summed E-state index contributed by atoms with van der Waals surface area (Å²) in [6.07, 6.45) is 4.73. The third-order valence-electron chi connectivity index (χ3n) is 3.90. The molecular formula is C13H24N2O3. The Morgan fingerprint density at radius 3 is 2.39 bits per heavy atom. The molecule has 0 radical (unpaired) electrons. The van der Waals surface area contributed by atoms with E-state index in [1.165, 1.54) is 4.90 Å². The minimum Gasteiger partial charge on any atom is -0.480 e. The molecule has 1 aliphatic rings. The van der Waals surface area contributed by atoms with Crippen molar-refractivity contribution in [2.24, 2.45) is 11.7 Å². The second-order valence-corrected chi connectivity index (χ2v) is 5.21. The number of hydrogen-bond acceptors (Lipinski definition) is 3. The van der Waals surface area contributed by atoms with Crippen LogP contribution in [0.4, 0.5) is 0 Å². The molecule has 0 aromatic carbocycles. The molecule has 1 fully saturated rings. The average Bonchev–Trinajstić information content (AvgIpc) is 2.86.